The van der Waals surface area contributed by atoms with E-state index in [4.69, 9.17) is 0 Å². The van der Waals surface area contributed by atoms with Gasteiger partial charge in [-0.2, -0.15) is 0 Å². The molecule has 1 saturated heterocycles. The summed E-state index contributed by atoms with van der Waals surface area (Å²) >= 11 is 0. The second kappa shape index (κ2) is 8.58. The van der Waals surface area contributed by atoms with E-state index in [1.807, 2.05) is 6.92 Å². The van der Waals surface area contributed by atoms with Crippen LogP contribution in [-0.2, 0) is 4.79 Å². The van der Waals surface area contributed by atoms with Crippen molar-refractivity contribution in [1.29, 1.82) is 0 Å². The molecule has 0 unspecified atom stereocenters. The zero-order valence-corrected chi connectivity index (χ0v) is 13.8. The second-order valence-corrected chi connectivity index (χ2v) is 5.96. The Morgan fingerprint density at radius 3 is 2.75 bits per heavy atom. The molecule has 1 fully saturated rings. The molecule has 1 aliphatic rings. The van der Waals surface area contributed by atoms with E-state index in [0.29, 0.717) is 13.1 Å². The molecule has 2 rings (SSSR count). The number of nitrogens with zero attached hydrogens (tertiary/aromatic N) is 2. The molecule has 0 aromatic heterocycles. The fourth-order valence-electron chi connectivity index (χ4n) is 2.76. The van der Waals surface area contributed by atoms with Gasteiger partial charge in [0.2, 0.25) is 5.91 Å². The number of nitro benzene ring substituents is 1. The fraction of sp³-hybridized carbons (Fsp3) is 0.562. The van der Waals surface area contributed by atoms with Crippen LogP contribution in [0.5, 0.6) is 0 Å². The zero-order valence-electron chi connectivity index (χ0n) is 13.8. The van der Waals surface area contributed by atoms with E-state index in [0.717, 1.165) is 44.5 Å². The number of halogens is 1. The number of amides is 1. The van der Waals surface area contributed by atoms with Gasteiger partial charge in [0.15, 0.2) is 0 Å². The Kier molecular flexibility index (Phi) is 6.48. The molecular weight excluding hydrogens is 315 g/mol. The number of piperidine rings is 1. The number of likely N-dealkylation sites (tertiary alicyclic amines) is 1. The maximum absolute atomic E-state index is 13.4. The molecule has 1 aromatic carbocycles. The zero-order chi connectivity index (χ0) is 17.5. The van der Waals surface area contributed by atoms with Crippen LogP contribution in [0.1, 0.15) is 26.2 Å². The summed E-state index contributed by atoms with van der Waals surface area (Å²) in [4.78, 5) is 24.3. The van der Waals surface area contributed by atoms with Crippen molar-refractivity contribution >= 4 is 17.3 Å². The first-order valence-corrected chi connectivity index (χ1v) is 8.19. The highest BCUT2D eigenvalue weighted by atomic mass is 19.1. The van der Waals surface area contributed by atoms with E-state index in [-0.39, 0.29) is 23.3 Å². The van der Waals surface area contributed by atoms with Gasteiger partial charge in [0.25, 0.3) is 5.69 Å². The number of nitrogens with one attached hydrogen (secondary N) is 2. The summed E-state index contributed by atoms with van der Waals surface area (Å²) < 4.78 is 13.4. The Bertz CT molecular complexity index is 589. The lowest BCUT2D eigenvalue weighted by Crippen LogP contribution is -2.44. The number of anilines is 1. The van der Waals surface area contributed by atoms with Crippen molar-refractivity contribution in [3.63, 3.8) is 0 Å². The maximum Gasteiger partial charge on any atom is 0.292 e. The van der Waals surface area contributed by atoms with Gasteiger partial charge in [0.05, 0.1) is 11.5 Å². The Morgan fingerprint density at radius 2 is 2.12 bits per heavy atom. The summed E-state index contributed by atoms with van der Waals surface area (Å²) in [5, 5.41) is 16.9. The van der Waals surface area contributed by atoms with Crippen LogP contribution in [0.3, 0.4) is 0 Å². The molecule has 1 amide bonds. The first kappa shape index (κ1) is 18.1. The van der Waals surface area contributed by atoms with Crippen molar-refractivity contribution in [2.45, 2.75) is 32.2 Å². The van der Waals surface area contributed by atoms with Crippen LogP contribution in [0.15, 0.2) is 18.2 Å². The molecule has 0 bridgehead atoms. The molecule has 2 N–H and O–H groups in total. The van der Waals surface area contributed by atoms with Gasteiger partial charge in [0, 0.05) is 37.8 Å². The van der Waals surface area contributed by atoms with E-state index < -0.39 is 10.7 Å². The van der Waals surface area contributed by atoms with E-state index in [1.165, 1.54) is 6.07 Å². The molecule has 1 aliphatic heterocycles. The number of benzene rings is 1. The smallest absolute Gasteiger partial charge is 0.292 e. The van der Waals surface area contributed by atoms with E-state index in [2.05, 4.69) is 15.5 Å². The number of rotatable bonds is 7. The lowest BCUT2D eigenvalue weighted by atomic mass is 10.0. The van der Waals surface area contributed by atoms with Crippen LogP contribution >= 0.6 is 0 Å². The van der Waals surface area contributed by atoms with Gasteiger partial charge < -0.3 is 10.6 Å². The first-order chi connectivity index (χ1) is 11.5. The predicted octanol–water partition coefficient (Wildman–Crippen LogP) is 2.14. The normalized spacial score (nSPS) is 15.9. The van der Waals surface area contributed by atoms with E-state index >= 15 is 0 Å². The molecule has 1 heterocycles. The standard InChI is InChI=1S/C16H23FN4O3/c1-2-7-18-16(22)11-20-8-5-13(6-9-20)19-14-10-12(17)3-4-15(14)21(23)24/h3-4,10,13,19H,2,5-9,11H2,1H3,(H,18,22). The minimum absolute atomic E-state index is 0.0176. The molecule has 8 heteroatoms. The van der Waals surface area contributed by atoms with Gasteiger partial charge in [0.1, 0.15) is 11.5 Å². The molecule has 7 nitrogen and oxygen atoms in total. The SMILES string of the molecule is CCCNC(=O)CN1CCC(Nc2cc(F)ccc2[N+](=O)[O-])CC1. The summed E-state index contributed by atoms with van der Waals surface area (Å²) in [6, 6.07) is 3.44. The number of carbonyl (C=O) groups excluding carboxylic acids is 1. The van der Waals surface area contributed by atoms with Gasteiger partial charge >= 0.3 is 0 Å². The van der Waals surface area contributed by atoms with Crippen molar-refractivity contribution in [2.75, 3.05) is 31.5 Å². The van der Waals surface area contributed by atoms with Crippen LogP contribution in [-0.4, -0.2) is 48.0 Å². The number of hydrogen-bond acceptors (Lipinski definition) is 5. The Hall–Kier alpha value is -2.22. The van der Waals surface area contributed by atoms with E-state index in [9.17, 15) is 19.3 Å². The van der Waals surface area contributed by atoms with Gasteiger partial charge in [-0.05, 0) is 25.3 Å². The number of nitro groups is 1. The van der Waals surface area contributed by atoms with Crippen LogP contribution in [0, 0.1) is 15.9 Å². The van der Waals surface area contributed by atoms with Crippen molar-refractivity contribution in [3.8, 4) is 0 Å². The van der Waals surface area contributed by atoms with Gasteiger partial charge in [-0.3, -0.25) is 19.8 Å². The molecule has 0 atom stereocenters. The molecular formula is C16H23FN4O3. The minimum Gasteiger partial charge on any atom is -0.377 e. The quantitative estimate of drug-likeness (QED) is 0.587. The van der Waals surface area contributed by atoms with Crippen LogP contribution < -0.4 is 10.6 Å². The Morgan fingerprint density at radius 1 is 1.42 bits per heavy atom. The number of hydrogen-bond donors (Lipinski definition) is 2. The fourth-order valence-corrected chi connectivity index (χ4v) is 2.76. The van der Waals surface area contributed by atoms with Crippen molar-refractivity contribution < 1.29 is 14.1 Å². The van der Waals surface area contributed by atoms with Crippen molar-refractivity contribution in [1.82, 2.24) is 10.2 Å². The lowest BCUT2D eigenvalue weighted by molar-refractivity contribution is -0.384. The average molecular weight is 338 g/mol. The monoisotopic (exact) mass is 338 g/mol. The second-order valence-electron chi connectivity index (χ2n) is 5.96. The minimum atomic E-state index is -0.519. The maximum atomic E-state index is 13.4. The van der Waals surface area contributed by atoms with Gasteiger partial charge in [-0.1, -0.05) is 6.92 Å². The highest BCUT2D eigenvalue weighted by Gasteiger charge is 2.23. The van der Waals surface area contributed by atoms with Gasteiger partial charge in [-0.25, -0.2) is 4.39 Å². The van der Waals surface area contributed by atoms with Crippen LogP contribution in [0.4, 0.5) is 15.8 Å². The van der Waals surface area contributed by atoms with Crippen LogP contribution in [0.25, 0.3) is 0 Å². The lowest BCUT2D eigenvalue weighted by Gasteiger charge is -2.32. The summed E-state index contributed by atoms with van der Waals surface area (Å²) in [6.07, 6.45) is 2.40. The third kappa shape index (κ3) is 5.16. The molecule has 0 aliphatic carbocycles. The predicted molar refractivity (Wildman–Crippen MR) is 89.4 cm³/mol. The summed E-state index contributed by atoms with van der Waals surface area (Å²) in [5.74, 6) is -0.489. The largest absolute Gasteiger partial charge is 0.377 e. The summed E-state index contributed by atoms with van der Waals surface area (Å²) in [5.41, 5.74) is 0.0805. The highest BCUT2D eigenvalue weighted by Crippen LogP contribution is 2.27. The van der Waals surface area contributed by atoms with Crippen molar-refractivity contribution in [2.24, 2.45) is 0 Å². The Labute approximate surface area is 140 Å². The topological polar surface area (TPSA) is 87.5 Å². The third-order valence-corrected chi connectivity index (χ3v) is 4.04. The summed E-state index contributed by atoms with van der Waals surface area (Å²) in [6.45, 7) is 4.50. The molecule has 0 saturated carbocycles. The van der Waals surface area contributed by atoms with Crippen molar-refractivity contribution in [3.05, 3.63) is 34.1 Å². The summed E-state index contributed by atoms with van der Waals surface area (Å²) in [7, 11) is 0. The molecule has 1 aromatic rings. The average Bonchev–Trinajstić information content (AvgIpc) is 2.54. The molecule has 0 spiro atoms. The molecule has 24 heavy (non-hydrogen) atoms. The highest BCUT2D eigenvalue weighted by molar-refractivity contribution is 5.78. The van der Waals surface area contributed by atoms with Gasteiger partial charge in [-0.15, -0.1) is 0 Å². The molecule has 0 radical (unpaired) electrons. The Balaban J connectivity index is 1.86. The number of carbonyl (C=O) groups is 1. The van der Waals surface area contributed by atoms with E-state index in [1.54, 1.807) is 0 Å². The van der Waals surface area contributed by atoms with Crippen LogP contribution in [0.2, 0.25) is 0 Å². The molecule has 132 valence electrons. The third-order valence-electron chi connectivity index (χ3n) is 4.04. The first-order valence-electron chi connectivity index (χ1n) is 8.19.